The summed E-state index contributed by atoms with van der Waals surface area (Å²) in [5, 5.41) is 3.50. The van der Waals surface area contributed by atoms with Gasteiger partial charge in [-0.1, -0.05) is 46.5 Å². The molecule has 0 aliphatic heterocycles. The van der Waals surface area contributed by atoms with E-state index < -0.39 is 0 Å². The first-order valence-electron chi connectivity index (χ1n) is 7.86. The first-order valence-corrected chi connectivity index (χ1v) is 7.86. The van der Waals surface area contributed by atoms with Gasteiger partial charge in [-0.3, -0.25) is 0 Å². The molecule has 3 heteroatoms. The molecule has 0 saturated heterocycles. The monoisotopic (exact) mass is 265 g/mol. The first kappa shape index (κ1) is 16.2. The Morgan fingerprint density at radius 2 is 1.95 bits per heavy atom. The number of aromatic nitrogens is 2. The minimum absolute atomic E-state index is 0.700. The summed E-state index contributed by atoms with van der Waals surface area (Å²) in [6.45, 7) is 12.0. The van der Waals surface area contributed by atoms with E-state index in [1.807, 2.05) is 6.20 Å². The predicted octanol–water partition coefficient (Wildman–Crippen LogP) is 3.91. The van der Waals surface area contributed by atoms with Crippen molar-refractivity contribution in [3.63, 3.8) is 0 Å². The Bertz CT molecular complexity index is 342. The molecule has 0 amide bonds. The lowest BCUT2D eigenvalue weighted by atomic mass is 10.1. The summed E-state index contributed by atoms with van der Waals surface area (Å²) < 4.78 is 2.37. The Kier molecular flexibility index (Phi) is 7.80. The quantitative estimate of drug-likeness (QED) is 0.650. The summed E-state index contributed by atoms with van der Waals surface area (Å²) in [4.78, 5) is 4.45. The summed E-state index contributed by atoms with van der Waals surface area (Å²) in [6.07, 6.45) is 8.68. The van der Waals surface area contributed by atoms with Gasteiger partial charge in [0.2, 0.25) is 0 Å². The lowest BCUT2D eigenvalue weighted by Crippen LogP contribution is -2.21. The number of unbranched alkanes of at least 4 members (excludes halogenated alkanes) is 4. The zero-order valence-corrected chi connectivity index (χ0v) is 13.2. The molecule has 1 rings (SSSR count). The zero-order chi connectivity index (χ0) is 14.1. The molecule has 110 valence electrons. The molecule has 0 aromatic carbocycles. The SMILES string of the molecule is CCCCCCCn1c(CNCC(C)C)cnc1C. The third-order valence-electron chi connectivity index (χ3n) is 3.48. The average molecular weight is 265 g/mol. The fraction of sp³-hybridized carbons (Fsp3) is 0.812. The van der Waals surface area contributed by atoms with Crippen molar-refractivity contribution in [1.82, 2.24) is 14.9 Å². The minimum Gasteiger partial charge on any atom is -0.331 e. The van der Waals surface area contributed by atoms with Gasteiger partial charge in [0.05, 0.1) is 5.69 Å². The van der Waals surface area contributed by atoms with Crippen LogP contribution in [0.15, 0.2) is 6.20 Å². The van der Waals surface area contributed by atoms with Crippen molar-refractivity contribution in [1.29, 1.82) is 0 Å². The average Bonchev–Trinajstić information content (AvgIpc) is 2.70. The standard InChI is InChI=1S/C16H31N3/c1-5-6-7-8-9-10-19-15(4)18-13-16(19)12-17-11-14(2)3/h13-14,17H,5-12H2,1-4H3. The lowest BCUT2D eigenvalue weighted by molar-refractivity contribution is 0.514. The van der Waals surface area contributed by atoms with Crippen LogP contribution >= 0.6 is 0 Å². The Balaban J connectivity index is 2.36. The number of rotatable bonds is 10. The lowest BCUT2D eigenvalue weighted by Gasteiger charge is -2.12. The van der Waals surface area contributed by atoms with Crippen LogP contribution in [-0.4, -0.2) is 16.1 Å². The molecule has 3 nitrogen and oxygen atoms in total. The van der Waals surface area contributed by atoms with E-state index in [0.29, 0.717) is 5.92 Å². The molecule has 0 unspecified atom stereocenters. The van der Waals surface area contributed by atoms with Crippen LogP contribution < -0.4 is 5.32 Å². The van der Waals surface area contributed by atoms with Crippen LogP contribution in [0, 0.1) is 12.8 Å². The maximum Gasteiger partial charge on any atom is 0.105 e. The van der Waals surface area contributed by atoms with Gasteiger partial charge in [0.15, 0.2) is 0 Å². The van der Waals surface area contributed by atoms with Crippen molar-refractivity contribution in [3.8, 4) is 0 Å². The van der Waals surface area contributed by atoms with E-state index in [0.717, 1.165) is 25.5 Å². The van der Waals surface area contributed by atoms with Gasteiger partial charge in [-0.2, -0.15) is 0 Å². The van der Waals surface area contributed by atoms with Gasteiger partial charge in [0, 0.05) is 19.3 Å². The van der Waals surface area contributed by atoms with E-state index in [1.54, 1.807) is 0 Å². The molecule has 0 spiro atoms. The van der Waals surface area contributed by atoms with E-state index in [4.69, 9.17) is 0 Å². The highest BCUT2D eigenvalue weighted by Crippen LogP contribution is 2.09. The van der Waals surface area contributed by atoms with Gasteiger partial charge in [0.1, 0.15) is 5.82 Å². The van der Waals surface area contributed by atoms with Crippen LogP contribution in [0.2, 0.25) is 0 Å². The number of nitrogens with zero attached hydrogens (tertiary/aromatic N) is 2. The second kappa shape index (κ2) is 9.13. The molecule has 0 aliphatic carbocycles. The number of nitrogens with one attached hydrogen (secondary N) is 1. The van der Waals surface area contributed by atoms with Gasteiger partial charge >= 0.3 is 0 Å². The number of imidazole rings is 1. The molecule has 0 radical (unpaired) electrons. The van der Waals surface area contributed by atoms with Crippen molar-refractivity contribution >= 4 is 0 Å². The summed E-state index contributed by atoms with van der Waals surface area (Å²) in [7, 11) is 0. The summed E-state index contributed by atoms with van der Waals surface area (Å²) in [6, 6.07) is 0. The topological polar surface area (TPSA) is 29.9 Å². The largest absolute Gasteiger partial charge is 0.331 e. The predicted molar refractivity (Wildman–Crippen MR) is 82.3 cm³/mol. The summed E-state index contributed by atoms with van der Waals surface area (Å²) in [5.41, 5.74) is 1.33. The van der Waals surface area contributed by atoms with Crippen LogP contribution in [-0.2, 0) is 13.1 Å². The summed E-state index contributed by atoms with van der Waals surface area (Å²) in [5.74, 6) is 1.85. The van der Waals surface area contributed by atoms with E-state index in [2.05, 4.69) is 42.6 Å². The van der Waals surface area contributed by atoms with Gasteiger partial charge in [-0.05, 0) is 25.8 Å². The van der Waals surface area contributed by atoms with Gasteiger partial charge in [-0.15, -0.1) is 0 Å². The Morgan fingerprint density at radius 1 is 1.21 bits per heavy atom. The highest BCUT2D eigenvalue weighted by molar-refractivity contribution is 5.04. The Labute approximate surface area is 118 Å². The molecule has 1 aromatic rings. The van der Waals surface area contributed by atoms with Crippen molar-refractivity contribution in [2.24, 2.45) is 5.92 Å². The van der Waals surface area contributed by atoms with E-state index in [9.17, 15) is 0 Å². The second-order valence-corrected chi connectivity index (χ2v) is 5.89. The molecule has 0 saturated carbocycles. The smallest absolute Gasteiger partial charge is 0.105 e. The molecular formula is C16H31N3. The first-order chi connectivity index (χ1) is 9.15. The molecule has 0 aliphatic rings. The van der Waals surface area contributed by atoms with E-state index >= 15 is 0 Å². The number of aryl methyl sites for hydroxylation is 1. The van der Waals surface area contributed by atoms with Crippen LogP contribution in [0.4, 0.5) is 0 Å². The number of hydrogen-bond donors (Lipinski definition) is 1. The molecule has 0 fully saturated rings. The van der Waals surface area contributed by atoms with Crippen LogP contribution in [0.25, 0.3) is 0 Å². The van der Waals surface area contributed by atoms with Crippen molar-refractivity contribution in [2.75, 3.05) is 6.54 Å². The van der Waals surface area contributed by atoms with Crippen LogP contribution in [0.3, 0.4) is 0 Å². The third-order valence-corrected chi connectivity index (χ3v) is 3.48. The highest BCUT2D eigenvalue weighted by Gasteiger charge is 2.06. The fourth-order valence-corrected chi connectivity index (χ4v) is 2.32. The molecule has 1 aromatic heterocycles. The van der Waals surface area contributed by atoms with Gasteiger partial charge < -0.3 is 9.88 Å². The number of hydrogen-bond acceptors (Lipinski definition) is 2. The molecule has 1 heterocycles. The van der Waals surface area contributed by atoms with Gasteiger partial charge in [-0.25, -0.2) is 4.98 Å². The molecule has 0 atom stereocenters. The fourth-order valence-electron chi connectivity index (χ4n) is 2.32. The molecule has 1 N–H and O–H groups in total. The third kappa shape index (κ3) is 6.24. The highest BCUT2D eigenvalue weighted by atomic mass is 15.1. The van der Waals surface area contributed by atoms with Crippen LogP contribution in [0.5, 0.6) is 0 Å². The van der Waals surface area contributed by atoms with Crippen LogP contribution in [0.1, 0.15) is 64.4 Å². The van der Waals surface area contributed by atoms with E-state index in [1.165, 1.54) is 37.8 Å². The second-order valence-electron chi connectivity index (χ2n) is 5.89. The molecule has 19 heavy (non-hydrogen) atoms. The van der Waals surface area contributed by atoms with Crippen molar-refractivity contribution in [2.45, 2.75) is 72.9 Å². The van der Waals surface area contributed by atoms with Gasteiger partial charge in [0.25, 0.3) is 0 Å². The Hall–Kier alpha value is -0.830. The zero-order valence-electron chi connectivity index (χ0n) is 13.2. The van der Waals surface area contributed by atoms with E-state index in [-0.39, 0.29) is 0 Å². The Morgan fingerprint density at radius 3 is 2.63 bits per heavy atom. The molecular weight excluding hydrogens is 234 g/mol. The van der Waals surface area contributed by atoms with Crippen molar-refractivity contribution in [3.05, 3.63) is 17.7 Å². The van der Waals surface area contributed by atoms with Crippen molar-refractivity contribution < 1.29 is 0 Å². The summed E-state index contributed by atoms with van der Waals surface area (Å²) >= 11 is 0. The molecule has 0 bridgehead atoms. The maximum atomic E-state index is 4.45. The minimum atomic E-state index is 0.700. The normalized spacial score (nSPS) is 11.4. The maximum absolute atomic E-state index is 4.45.